The zero-order chi connectivity index (χ0) is 17.8. The van der Waals surface area contributed by atoms with Gasteiger partial charge in [-0.05, 0) is 59.6 Å². The summed E-state index contributed by atoms with van der Waals surface area (Å²) in [6.07, 6.45) is 4.24. The van der Waals surface area contributed by atoms with Crippen molar-refractivity contribution in [2.75, 3.05) is 0 Å². The van der Waals surface area contributed by atoms with Crippen molar-refractivity contribution in [1.82, 2.24) is 10.3 Å². The van der Waals surface area contributed by atoms with E-state index in [-0.39, 0.29) is 16.6 Å². The van der Waals surface area contributed by atoms with E-state index < -0.39 is 0 Å². The molecule has 0 amide bonds. The zero-order valence-electron chi connectivity index (χ0n) is 15.9. The van der Waals surface area contributed by atoms with Gasteiger partial charge in [0.25, 0.3) is 0 Å². The van der Waals surface area contributed by atoms with Gasteiger partial charge >= 0.3 is 0 Å². The first kappa shape index (κ1) is 17.2. The number of hydrogen-bond acceptors (Lipinski definition) is 2. The number of rotatable bonds is 3. The monoisotopic (exact) mass is 325 g/mol. The van der Waals surface area contributed by atoms with Crippen LogP contribution in [-0.4, -0.2) is 21.6 Å². The molecule has 24 heavy (non-hydrogen) atoms. The summed E-state index contributed by atoms with van der Waals surface area (Å²) in [6, 6.07) is 8.58. The molecule has 0 spiro atoms. The summed E-state index contributed by atoms with van der Waals surface area (Å²) in [5.74, 6) is 0. The number of aromatic amines is 1. The van der Waals surface area contributed by atoms with Crippen LogP contribution < -0.4 is 11.1 Å². The average molecular weight is 326 g/mol. The number of nitrogens with one attached hydrogen (secondary N) is 2. The van der Waals surface area contributed by atoms with Gasteiger partial charge in [-0.2, -0.15) is 0 Å². The molecular weight excluding hydrogens is 294 g/mol. The minimum atomic E-state index is -0.242. The Kier molecular flexibility index (Phi) is 3.93. The van der Waals surface area contributed by atoms with E-state index in [0.29, 0.717) is 0 Å². The van der Waals surface area contributed by atoms with Crippen LogP contribution in [-0.2, 0) is 6.42 Å². The van der Waals surface area contributed by atoms with Crippen LogP contribution in [0.1, 0.15) is 59.2 Å². The number of fused-ring (bicyclic) bond motifs is 1. The van der Waals surface area contributed by atoms with Crippen molar-refractivity contribution >= 4 is 16.5 Å². The van der Waals surface area contributed by atoms with E-state index in [1.165, 1.54) is 27.7 Å². The molecular formula is C21H31N3. The smallest absolute Gasteiger partial charge is 0.0462 e. The Labute approximate surface area is 145 Å². The van der Waals surface area contributed by atoms with Crippen LogP contribution >= 0.6 is 0 Å². The maximum atomic E-state index is 6.34. The third kappa shape index (κ3) is 3.57. The second-order valence-electron chi connectivity index (χ2n) is 9.27. The molecule has 0 aliphatic carbocycles. The Morgan fingerprint density at radius 1 is 1.12 bits per heavy atom. The molecule has 0 saturated heterocycles. The minimum absolute atomic E-state index is 0.0229. The lowest BCUT2D eigenvalue weighted by Crippen LogP contribution is -2.53. The van der Waals surface area contributed by atoms with Crippen LogP contribution in [0.2, 0.25) is 0 Å². The second-order valence-corrected chi connectivity index (χ2v) is 9.27. The fourth-order valence-corrected chi connectivity index (χ4v) is 4.23. The van der Waals surface area contributed by atoms with Crippen molar-refractivity contribution in [1.29, 1.82) is 0 Å². The van der Waals surface area contributed by atoms with E-state index in [4.69, 9.17) is 5.73 Å². The number of aromatic nitrogens is 1. The van der Waals surface area contributed by atoms with E-state index in [1.807, 2.05) is 0 Å². The Balaban J connectivity index is 2.20. The largest absolute Gasteiger partial charge is 0.358 e. The summed E-state index contributed by atoms with van der Waals surface area (Å²) >= 11 is 0. The summed E-state index contributed by atoms with van der Waals surface area (Å²) in [6.45, 7) is 13.2. The Bertz CT molecular complexity index is 785. The molecule has 0 radical (unpaired) electrons. The minimum Gasteiger partial charge on any atom is -0.358 e. The maximum Gasteiger partial charge on any atom is 0.0462 e. The normalized spacial score (nSPS) is 20.2. The third-order valence-corrected chi connectivity index (χ3v) is 4.57. The third-order valence-electron chi connectivity index (χ3n) is 4.57. The van der Waals surface area contributed by atoms with E-state index >= 15 is 0 Å². The van der Waals surface area contributed by atoms with Crippen molar-refractivity contribution in [2.45, 2.75) is 71.0 Å². The molecule has 130 valence electrons. The van der Waals surface area contributed by atoms with Gasteiger partial charge in [0.2, 0.25) is 0 Å². The standard InChI is InChI=1S/C21H31N3/c1-19(2,22)13-17-18(15-9-7-8-10-16(15)23-17)14-11-20(3,4)24-21(5,6)12-14/h7-11,23-24H,12-13,22H2,1-6H3. The van der Waals surface area contributed by atoms with Crippen molar-refractivity contribution in [2.24, 2.45) is 5.73 Å². The number of para-hydroxylation sites is 1. The van der Waals surface area contributed by atoms with Gasteiger partial charge in [0.1, 0.15) is 0 Å². The summed E-state index contributed by atoms with van der Waals surface area (Å²) in [4.78, 5) is 3.63. The first-order chi connectivity index (χ1) is 11.0. The average Bonchev–Trinajstić information content (AvgIpc) is 2.69. The molecule has 1 aromatic carbocycles. The van der Waals surface area contributed by atoms with Crippen LogP contribution in [0.25, 0.3) is 16.5 Å². The molecule has 1 aromatic heterocycles. The van der Waals surface area contributed by atoms with Crippen LogP contribution in [0.4, 0.5) is 0 Å². The van der Waals surface area contributed by atoms with Crippen LogP contribution in [0.5, 0.6) is 0 Å². The summed E-state index contributed by atoms with van der Waals surface area (Å²) in [5, 5.41) is 5.03. The summed E-state index contributed by atoms with van der Waals surface area (Å²) in [5.41, 5.74) is 11.4. The molecule has 3 nitrogen and oxygen atoms in total. The second kappa shape index (κ2) is 5.47. The Hall–Kier alpha value is -1.58. The van der Waals surface area contributed by atoms with Gasteiger partial charge in [0.15, 0.2) is 0 Å². The summed E-state index contributed by atoms with van der Waals surface area (Å²) < 4.78 is 0. The van der Waals surface area contributed by atoms with Crippen molar-refractivity contribution in [3.63, 3.8) is 0 Å². The predicted octanol–water partition coefficient (Wildman–Crippen LogP) is 4.38. The Morgan fingerprint density at radius 3 is 2.42 bits per heavy atom. The molecule has 1 aliphatic rings. The van der Waals surface area contributed by atoms with Crippen molar-refractivity contribution in [3.8, 4) is 0 Å². The highest BCUT2D eigenvalue weighted by molar-refractivity contribution is 5.95. The number of hydrogen-bond donors (Lipinski definition) is 3. The molecule has 2 aromatic rings. The molecule has 0 fully saturated rings. The van der Waals surface area contributed by atoms with E-state index in [1.54, 1.807) is 0 Å². The highest BCUT2D eigenvalue weighted by Gasteiger charge is 2.34. The zero-order valence-corrected chi connectivity index (χ0v) is 15.9. The molecule has 0 saturated carbocycles. The molecule has 0 unspecified atom stereocenters. The van der Waals surface area contributed by atoms with Crippen molar-refractivity contribution < 1.29 is 0 Å². The Morgan fingerprint density at radius 2 is 1.79 bits per heavy atom. The van der Waals surface area contributed by atoms with Gasteiger partial charge < -0.3 is 16.0 Å². The number of nitrogens with two attached hydrogens (primary N) is 1. The molecule has 0 atom stereocenters. The van der Waals surface area contributed by atoms with E-state index in [0.717, 1.165) is 12.8 Å². The highest BCUT2D eigenvalue weighted by atomic mass is 15.0. The van der Waals surface area contributed by atoms with E-state index in [2.05, 4.69) is 82.2 Å². The first-order valence-corrected chi connectivity index (χ1v) is 8.86. The summed E-state index contributed by atoms with van der Waals surface area (Å²) in [7, 11) is 0. The van der Waals surface area contributed by atoms with Gasteiger partial charge in [-0.1, -0.05) is 24.3 Å². The van der Waals surface area contributed by atoms with Crippen LogP contribution in [0, 0.1) is 0 Å². The lowest BCUT2D eigenvalue weighted by Gasteiger charge is -2.41. The van der Waals surface area contributed by atoms with Gasteiger partial charge in [-0.15, -0.1) is 0 Å². The predicted molar refractivity (Wildman–Crippen MR) is 104 cm³/mol. The lowest BCUT2D eigenvalue weighted by atomic mass is 9.79. The molecule has 4 N–H and O–H groups in total. The lowest BCUT2D eigenvalue weighted by molar-refractivity contribution is 0.297. The van der Waals surface area contributed by atoms with Crippen LogP contribution in [0.15, 0.2) is 30.3 Å². The fraction of sp³-hybridized carbons (Fsp3) is 0.524. The van der Waals surface area contributed by atoms with Crippen molar-refractivity contribution in [3.05, 3.63) is 41.6 Å². The molecule has 1 aliphatic heterocycles. The number of benzene rings is 1. The molecule has 2 heterocycles. The molecule has 3 rings (SSSR count). The van der Waals surface area contributed by atoms with Gasteiger partial charge in [-0.25, -0.2) is 0 Å². The topological polar surface area (TPSA) is 53.8 Å². The quantitative estimate of drug-likeness (QED) is 0.784. The number of H-pyrrole nitrogens is 1. The highest BCUT2D eigenvalue weighted by Crippen LogP contribution is 2.39. The fourth-order valence-electron chi connectivity index (χ4n) is 4.23. The van der Waals surface area contributed by atoms with Gasteiger partial charge in [-0.3, -0.25) is 0 Å². The molecule has 0 bridgehead atoms. The van der Waals surface area contributed by atoms with E-state index in [9.17, 15) is 0 Å². The van der Waals surface area contributed by atoms with Crippen LogP contribution in [0.3, 0.4) is 0 Å². The SMILES string of the molecule is CC(C)(N)Cc1[nH]c2ccccc2c1C1=CC(C)(C)NC(C)(C)C1. The molecule has 3 heteroatoms. The van der Waals surface area contributed by atoms with Gasteiger partial charge in [0.05, 0.1) is 0 Å². The van der Waals surface area contributed by atoms with Gasteiger partial charge in [0, 0.05) is 45.2 Å². The first-order valence-electron chi connectivity index (χ1n) is 8.86. The maximum absolute atomic E-state index is 6.34.